The van der Waals surface area contributed by atoms with Crippen LogP contribution in [0.15, 0.2) is 16.9 Å². The number of rotatable bonds is 4. The highest BCUT2D eigenvalue weighted by molar-refractivity contribution is 4.97. The monoisotopic (exact) mass is 265 g/mol. The van der Waals surface area contributed by atoms with Gasteiger partial charge in [0.1, 0.15) is 0 Å². The summed E-state index contributed by atoms with van der Waals surface area (Å²) in [5.41, 5.74) is 0.635. The molecule has 0 aromatic carbocycles. The Labute approximate surface area is 113 Å². The molecule has 1 atom stereocenters. The Balaban J connectivity index is 1.88. The number of nitrogens with zero attached hydrogens (tertiary/aromatic N) is 3. The van der Waals surface area contributed by atoms with E-state index in [1.807, 2.05) is 6.92 Å². The van der Waals surface area contributed by atoms with Crippen LogP contribution in [-0.2, 0) is 6.54 Å². The standard InChI is InChI=1S/C14H23N3O2/c1-11-5-7-16(8-6-11)9-13(18)10-17-14(19)4-3-12(2)15-17/h3-4,11,13,18H,5-10H2,1-2H3. The second-order valence-electron chi connectivity index (χ2n) is 5.63. The molecule has 106 valence electrons. The number of aliphatic hydroxyl groups excluding tert-OH is 1. The van der Waals surface area contributed by atoms with E-state index in [0.717, 1.165) is 24.7 Å². The van der Waals surface area contributed by atoms with Gasteiger partial charge in [-0.1, -0.05) is 6.92 Å². The molecule has 1 aromatic heterocycles. The molecule has 1 saturated heterocycles. The van der Waals surface area contributed by atoms with Crippen LogP contribution in [0.1, 0.15) is 25.5 Å². The zero-order chi connectivity index (χ0) is 13.8. The van der Waals surface area contributed by atoms with Crippen LogP contribution in [0.25, 0.3) is 0 Å². The zero-order valence-electron chi connectivity index (χ0n) is 11.7. The summed E-state index contributed by atoms with van der Waals surface area (Å²) >= 11 is 0. The molecule has 1 aromatic rings. The topological polar surface area (TPSA) is 58.4 Å². The Bertz CT molecular complexity index is 464. The van der Waals surface area contributed by atoms with E-state index in [1.165, 1.54) is 23.6 Å². The maximum absolute atomic E-state index is 11.6. The lowest BCUT2D eigenvalue weighted by atomic mass is 9.99. The van der Waals surface area contributed by atoms with E-state index in [9.17, 15) is 9.90 Å². The molecule has 19 heavy (non-hydrogen) atoms. The van der Waals surface area contributed by atoms with Gasteiger partial charge in [0.15, 0.2) is 0 Å². The van der Waals surface area contributed by atoms with Crippen molar-refractivity contribution in [3.05, 3.63) is 28.2 Å². The van der Waals surface area contributed by atoms with Crippen molar-refractivity contribution in [1.29, 1.82) is 0 Å². The Morgan fingerprint density at radius 1 is 1.37 bits per heavy atom. The predicted octanol–water partition coefficient (Wildman–Crippen LogP) is 0.645. The van der Waals surface area contributed by atoms with Crippen molar-refractivity contribution in [2.45, 2.75) is 39.3 Å². The Hall–Kier alpha value is -1.20. The summed E-state index contributed by atoms with van der Waals surface area (Å²) in [7, 11) is 0. The second kappa shape index (κ2) is 6.30. The van der Waals surface area contributed by atoms with Crippen molar-refractivity contribution in [2.75, 3.05) is 19.6 Å². The smallest absolute Gasteiger partial charge is 0.266 e. The Morgan fingerprint density at radius 3 is 2.74 bits per heavy atom. The molecule has 0 aliphatic carbocycles. The van der Waals surface area contributed by atoms with Crippen LogP contribution in [0.5, 0.6) is 0 Å². The number of hydrogen-bond acceptors (Lipinski definition) is 4. The molecule has 2 rings (SSSR count). The van der Waals surface area contributed by atoms with Gasteiger partial charge in [-0.05, 0) is 44.8 Å². The molecule has 0 amide bonds. The summed E-state index contributed by atoms with van der Waals surface area (Å²) in [6, 6.07) is 3.19. The molecule has 0 spiro atoms. The van der Waals surface area contributed by atoms with Crippen LogP contribution in [0.2, 0.25) is 0 Å². The number of hydrogen-bond donors (Lipinski definition) is 1. The fourth-order valence-corrected chi connectivity index (χ4v) is 2.48. The minimum Gasteiger partial charge on any atom is -0.390 e. The van der Waals surface area contributed by atoms with Gasteiger partial charge >= 0.3 is 0 Å². The van der Waals surface area contributed by atoms with Crippen molar-refractivity contribution in [3.63, 3.8) is 0 Å². The molecule has 0 bridgehead atoms. The van der Waals surface area contributed by atoms with E-state index in [-0.39, 0.29) is 12.1 Å². The fraction of sp³-hybridized carbons (Fsp3) is 0.714. The quantitative estimate of drug-likeness (QED) is 0.868. The third-order valence-electron chi connectivity index (χ3n) is 3.73. The fourth-order valence-electron chi connectivity index (χ4n) is 2.48. The van der Waals surface area contributed by atoms with Crippen LogP contribution in [0.4, 0.5) is 0 Å². The summed E-state index contributed by atoms with van der Waals surface area (Å²) in [5.74, 6) is 0.787. The first kappa shape index (κ1) is 14.2. The molecule has 1 unspecified atom stereocenters. The van der Waals surface area contributed by atoms with Gasteiger partial charge < -0.3 is 10.0 Å². The maximum atomic E-state index is 11.6. The Kier molecular flexibility index (Phi) is 4.71. The molecule has 0 saturated carbocycles. The number of β-amino-alcohol motifs (C(OH)–C–C–N with tert-alkyl or cyclic N) is 1. The van der Waals surface area contributed by atoms with Crippen molar-refractivity contribution in [2.24, 2.45) is 5.92 Å². The second-order valence-corrected chi connectivity index (χ2v) is 5.63. The summed E-state index contributed by atoms with van der Waals surface area (Å²) in [5, 5.41) is 14.2. The van der Waals surface area contributed by atoms with E-state index >= 15 is 0 Å². The van der Waals surface area contributed by atoms with Crippen LogP contribution >= 0.6 is 0 Å². The third kappa shape index (κ3) is 4.14. The zero-order valence-corrected chi connectivity index (χ0v) is 11.7. The molecule has 1 aliphatic heterocycles. The van der Waals surface area contributed by atoms with Crippen molar-refractivity contribution >= 4 is 0 Å². The van der Waals surface area contributed by atoms with Gasteiger partial charge in [0.25, 0.3) is 5.56 Å². The van der Waals surface area contributed by atoms with E-state index < -0.39 is 6.10 Å². The van der Waals surface area contributed by atoms with Gasteiger partial charge in [-0.25, -0.2) is 4.68 Å². The largest absolute Gasteiger partial charge is 0.390 e. The van der Waals surface area contributed by atoms with Gasteiger partial charge in [-0.3, -0.25) is 4.79 Å². The molecule has 2 heterocycles. The van der Waals surface area contributed by atoms with Crippen molar-refractivity contribution in [3.8, 4) is 0 Å². The van der Waals surface area contributed by atoms with Crippen LogP contribution < -0.4 is 5.56 Å². The first-order valence-electron chi connectivity index (χ1n) is 7.00. The minimum absolute atomic E-state index is 0.156. The van der Waals surface area contributed by atoms with E-state index in [2.05, 4.69) is 16.9 Å². The molecule has 5 nitrogen and oxygen atoms in total. The molecule has 1 aliphatic rings. The lowest BCUT2D eigenvalue weighted by Gasteiger charge is -2.31. The summed E-state index contributed by atoms with van der Waals surface area (Å²) in [6.07, 6.45) is 1.84. The van der Waals surface area contributed by atoms with E-state index in [1.54, 1.807) is 6.07 Å². The lowest BCUT2D eigenvalue weighted by molar-refractivity contribution is 0.0765. The summed E-state index contributed by atoms with van der Waals surface area (Å²) in [6.45, 7) is 7.07. The summed E-state index contributed by atoms with van der Waals surface area (Å²) in [4.78, 5) is 13.9. The number of aryl methyl sites for hydroxylation is 1. The van der Waals surface area contributed by atoms with Crippen LogP contribution in [0.3, 0.4) is 0 Å². The Morgan fingerprint density at radius 2 is 2.05 bits per heavy atom. The van der Waals surface area contributed by atoms with E-state index in [0.29, 0.717) is 6.54 Å². The SMILES string of the molecule is Cc1ccc(=O)n(CC(O)CN2CCC(C)CC2)n1. The van der Waals surface area contributed by atoms with Gasteiger partial charge in [-0.15, -0.1) is 0 Å². The van der Waals surface area contributed by atoms with Gasteiger partial charge in [0.2, 0.25) is 0 Å². The number of piperidine rings is 1. The third-order valence-corrected chi connectivity index (χ3v) is 3.73. The molecule has 0 radical (unpaired) electrons. The van der Waals surface area contributed by atoms with Gasteiger partial charge in [0.05, 0.1) is 18.3 Å². The molecule has 1 N–H and O–H groups in total. The van der Waals surface area contributed by atoms with Gasteiger partial charge in [0, 0.05) is 12.6 Å². The first-order valence-corrected chi connectivity index (χ1v) is 7.00. The highest BCUT2D eigenvalue weighted by atomic mass is 16.3. The lowest BCUT2D eigenvalue weighted by Crippen LogP contribution is -2.41. The minimum atomic E-state index is -0.541. The average Bonchev–Trinajstić information content (AvgIpc) is 2.37. The molecule has 1 fully saturated rings. The van der Waals surface area contributed by atoms with Crippen molar-refractivity contribution in [1.82, 2.24) is 14.7 Å². The highest BCUT2D eigenvalue weighted by Crippen LogP contribution is 2.15. The van der Waals surface area contributed by atoms with Crippen LogP contribution in [-0.4, -0.2) is 45.5 Å². The number of aromatic nitrogens is 2. The molecule has 5 heteroatoms. The average molecular weight is 265 g/mol. The van der Waals surface area contributed by atoms with Crippen molar-refractivity contribution < 1.29 is 5.11 Å². The van der Waals surface area contributed by atoms with E-state index in [4.69, 9.17) is 0 Å². The molecular formula is C14H23N3O2. The highest BCUT2D eigenvalue weighted by Gasteiger charge is 2.18. The number of aliphatic hydroxyl groups is 1. The normalized spacial score (nSPS) is 19.5. The maximum Gasteiger partial charge on any atom is 0.266 e. The summed E-state index contributed by atoms with van der Waals surface area (Å²) < 4.78 is 1.35. The van der Waals surface area contributed by atoms with Crippen LogP contribution in [0, 0.1) is 12.8 Å². The molecular weight excluding hydrogens is 242 g/mol. The number of likely N-dealkylation sites (tertiary alicyclic amines) is 1. The van der Waals surface area contributed by atoms with Gasteiger partial charge in [-0.2, -0.15) is 5.10 Å². The first-order chi connectivity index (χ1) is 9.04. The predicted molar refractivity (Wildman–Crippen MR) is 74.1 cm³/mol.